The number of nitro groups is 1. The first-order chi connectivity index (χ1) is 12.3. The summed E-state index contributed by atoms with van der Waals surface area (Å²) in [5, 5.41) is 14.2. The fraction of sp³-hybridized carbons (Fsp3) is 0.118. The van der Waals surface area contributed by atoms with Crippen LogP contribution in [0.2, 0.25) is 5.02 Å². The maximum atomic E-state index is 12.5. The third-order valence-corrected chi connectivity index (χ3v) is 4.03. The minimum atomic E-state index is -0.591. The number of aryl methyl sites for hydroxylation is 1. The number of carbonyl (C=O) groups excluding carboxylic acids is 1. The summed E-state index contributed by atoms with van der Waals surface area (Å²) < 4.78 is 1.10. The Morgan fingerprint density at radius 2 is 2.08 bits per heavy atom. The van der Waals surface area contributed by atoms with Gasteiger partial charge in [-0.2, -0.15) is 0 Å². The molecule has 3 aromatic rings. The van der Waals surface area contributed by atoms with Crippen LogP contribution < -0.4 is 10.9 Å². The molecule has 0 bridgehead atoms. The van der Waals surface area contributed by atoms with Crippen molar-refractivity contribution >= 4 is 39.8 Å². The molecular weight excluding hydrogens is 360 g/mol. The SMILES string of the molecule is Cc1cc(Cl)ccc1NC(=O)Cn1cnc2ccc([N+](=O)[O-])cc2c1=O. The van der Waals surface area contributed by atoms with Crippen molar-refractivity contribution in [2.24, 2.45) is 0 Å². The third-order valence-electron chi connectivity index (χ3n) is 3.79. The first-order valence-corrected chi connectivity index (χ1v) is 7.92. The van der Waals surface area contributed by atoms with Crippen molar-refractivity contribution in [1.29, 1.82) is 0 Å². The van der Waals surface area contributed by atoms with Crippen molar-refractivity contribution in [3.05, 3.63) is 73.8 Å². The molecule has 26 heavy (non-hydrogen) atoms. The maximum Gasteiger partial charge on any atom is 0.270 e. The normalized spacial score (nSPS) is 10.7. The van der Waals surface area contributed by atoms with Crippen molar-refractivity contribution < 1.29 is 9.72 Å². The Labute approximate surface area is 152 Å². The van der Waals surface area contributed by atoms with Crippen molar-refractivity contribution in [3.63, 3.8) is 0 Å². The Bertz CT molecular complexity index is 1090. The number of benzene rings is 2. The van der Waals surface area contributed by atoms with E-state index < -0.39 is 16.4 Å². The molecule has 132 valence electrons. The molecule has 0 radical (unpaired) electrons. The highest BCUT2D eigenvalue weighted by Crippen LogP contribution is 2.19. The fourth-order valence-corrected chi connectivity index (χ4v) is 2.71. The lowest BCUT2D eigenvalue weighted by Crippen LogP contribution is -2.28. The van der Waals surface area contributed by atoms with Crippen LogP contribution in [0.15, 0.2) is 47.5 Å². The number of amides is 1. The van der Waals surface area contributed by atoms with Gasteiger partial charge in [0.25, 0.3) is 11.2 Å². The molecule has 0 aliphatic carbocycles. The largest absolute Gasteiger partial charge is 0.324 e. The van der Waals surface area contributed by atoms with Gasteiger partial charge in [-0.1, -0.05) is 11.6 Å². The average molecular weight is 373 g/mol. The molecular formula is C17H13ClN4O4. The third kappa shape index (κ3) is 3.55. The number of fused-ring (bicyclic) bond motifs is 1. The van der Waals surface area contributed by atoms with Crippen LogP contribution in [-0.2, 0) is 11.3 Å². The Morgan fingerprint density at radius 1 is 1.31 bits per heavy atom. The number of rotatable bonds is 4. The zero-order valence-corrected chi connectivity index (χ0v) is 14.4. The number of non-ortho nitro benzene ring substituents is 1. The second-order valence-corrected chi connectivity index (χ2v) is 6.08. The molecule has 3 rings (SSSR count). The van der Waals surface area contributed by atoms with Crippen LogP contribution in [0.25, 0.3) is 10.9 Å². The van der Waals surface area contributed by atoms with Crippen LogP contribution >= 0.6 is 11.6 Å². The van der Waals surface area contributed by atoms with Crippen LogP contribution in [0, 0.1) is 17.0 Å². The first-order valence-electron chi connectivity index (χ1n) is 7.55. The summed E-state index contributed by atoms with van der Waals surface area (Å²) in [6.07, 6.45) is 1.24. The lowest BCUT2D eigenvalue weighted by Gasteiger charge is -2.10. The predicted octanol–water partition coefficient (Wildman–Crippen LogP) is 2.91. The van der Waals surface area contributed by atoms with Gasteiger partial charge >= 0.3 is 0 Å². The quantitative estimate of drug-likeness (QED) is 0.559. The van der Waals surface area contributed by atoms with Gasteiger partial charge in [0, 0.05) is 22.8 Å². The van der Waals surface area contributed by atoms with Crippen molar-refractivity contribution in [2.75, 3.05) is 5.32 Å². The number of aromatic nitrogens is 2. The summed E-state index contributed by atoms with van der Waals surface area (Å²) in [6.45, 7) is 1.52. The van der Waals surface area contributed by atoms with E-state index in [-0.39, 0.29) is 17.6 Å². The van der Waals surface area contributed by atoms with Gasteiger partial charge < -0.3 is 5.32 Å². The number of hydrogen-bond donors (Lipinski definition) is 1. The van der Waals surface area contributed by atoms with E-state index in [1.807, 2.05) is 0 Å². The summed E-state index contributed by atoms with van der Waals surface area (Å²) >= 11 is 5.88. The minimum absolute atomic E-state index is 0.0807. The van der Waals surface area contributed by atoms with Crippen LogP contribution in [0.1, 0.15) is 5.56 Å². The van der Waals surface area contributed by atoms with Gasteiger partial charge in [-0.05, 0) is 36.8 Å². The van der Waals surface area contributed by atoms with Crippen LogP contribution in [-0.4, -0.2) is 20.4 Å². The van der Waals surface area contributed by atoms with Crippen molar-refractivity contribution in [2.45, 2.75) is 13.5 Å². The Hall–Kier alpha value is -3.26. The topological polar surface area (TPSA) is 107 Å². The van der Waals surface area contributed by atoms with E-state index in [1.54, 1.807) is 25.1 Å². The molecule has 8 nitrogen and oxygen atoms in total. The standard InChI is InChI=1S/C17H13ClN4O4/c1-10-6-11(18)2-4-14(10)20-16(23)8-21-9-19-15-5-3-12(22(25)26)7-13(15)17(21)24/h2-7,9H,8H2,1H3,(H,20,23). The van der Waals surface area contributed by atoms with Crippen LogP contribution in [0.5, 0.6) is 0 Å². The monoisotopic (exact) mass is 372 g/mol. The van der Waals surface area contributed by atoms with Gasteiger partial charge in [-0.3, -0.25) is 24.3 Å². The number of nitro benzene ring substituents is 1. The summed E-state index contributed by atoms with van der Waals surface area (Å²) in [4.78, 5) is 39.1. The summed E-state index contributed by atoms with van der Waals surface area (Å²) in [6, 6.07) is 8.85. The highest BCUT2D eigenvalue weighted by Gasteiger charge is 2.13. The van der Waals surface area contributed by atoms with E-state index in [1.165, 1.54) is 18.5 Å². The van der Waals surface area contributed by atoms with Crippen molar-refractivity contribution in [1.82, 2.24) is 9.55 Å². The van der Waals surface area contributed by atoms with Crippen molar-refractivity contribution in [3.8, 4) is 0 Å². The Kier molecular flexibility index (Phi) is 4.68. The van der Waals surface area contributed by atoms with E-state index in [9.17, 15) is 19.7 Å². The molecule has 0 spiro atoms. The van der Waals surface area contributed by atoms with Gasteiger partial charge in [-0.25, -0.2) is 4.98 Å². The smallest absolute Gasteiger partial charge is 0.270 e. The minimum Gasteiger partial charge on any atom is -0.324 e. The molecule has 0 fully saturated rings. The lowest BCUT2D eigenvalue weighted by molar-refractivity contribution is -0.384. The molecule has 1 amide bonds. The molecule has 0 saturated heterocycles. The van der Waals surface area contributed by atoms with E-state index in [0.29, 0.717) is 16.2 Å². The second kappa shape index (κ2) is 6.93. The molecule has 2 aromatic carbocycles. The fourth-order valence-electron chi connectivity index (χ4n) is 2.48. The van der Waals surface area contributed by atoms with E-state index in [0.717, 1.165) is 16.2 Å². The highest BCUT2D eigenvalue weighted by atomic mass is 35.5. The zero-order valence-electron chi connectivity index (χ0n) is 13.6. The molecule has 0 aliphatic rings. The first kappa shape index (κ1) is 17.6. The van der Waals surface area contributed by atoms with E-state index in [4.69, 9.17) is 11.6 Å². The molecule has 1 N–H and O–H groups in total. The molecule has 1 heterocycles. The molecule has 0 aliphatic heterocycles. The van der Waals surface area contributed by atoms with E-state index >= 15 is 0 Å². The highest BCUT2D eigenvalue weighted by molar-refractivity contribution is 6.30. The molecule has 0 saturated carbocycles. The number of nitrogens with one attached hydrogen (secondary N) is 1. The average Bonchev–Trinajstić information content (AvgIpc) is 2.59. The van der Waals surface area contributed by atoms with Crippen LogP contribution in [0.3, 0.4) is 0 Å². The Morgan fingerprint density at radius 3 is 2.77 bits per heavy atom. The zero-order chi connectivity index (χ0) is 18.8. The summed E-state index contributed by atoms with van der Waals surface area (Å²) in [5.41, 5.74) is 0.949. The Balaban J connectivity index is 1.88. The van der Waals surface area contributed by atoms with E-state index in [2.05, 4.69) is 10.3 Å². The summed E-state index contributed by atoms with van der Waals surface area (Å²) in [5.74, 6) is -0.427. The summed E-state index contributed by atoms with van der Waals surface area (Å²) in [7, 11) is 0. The van der Waals surface area contributed by atoms with Gasteiger partial charge in [0.05, 0.1) is 22.2 Å². The van der Waals surface area contributed by atoms with Gasteiger partial charge in [0.2, 0.25) is 5.91 Å². The second-order valence-electron chi connectivity index (χ2n) is 5.64. The van der Waals surface area contributed by atoms with Gasteiger partial charge in [0.15, 0.2) is 0 Å². The molecule has 0 unspecified atom stereocenters. The van der Waals surface area contributed by atoms with Crippen LogP contribution in [0.4, 0.5) is 11.4 Å². The molecule has 0 atom stereocenters. The number of anilines is 1. The van der Waals surface area contributed by atoms with Gasteiger partial charge in [-0.15, -0.1) is 0 Å². The predicted molar refractivity (Wildman–Crippen MR) is 97.5 cm³/mol. The lowest BCUT2D eigenvalue weighted by atomic mass is 10.2. The maximum absolute atomic E-state index is 12.5. The molecule has 9 heteroatoms. The number of halogens is 1. The molecule has 1 aromatic heterocycles. The van der Waals surface area contributed by atoms with Gasteiger partial charge in [0.1, 0.15) is 6.54 Å². The number of hydrogen-bond acceptors (Lipinski definition) is 5. The number of carbonyl (C=O) groups is 1. The number of nitrogens with zero attached hydrogens (tertiary/aromatic N) is 3.